The molecule has 0 radical (unpaired) electrons. The predicted octanol–water partition coefficient (Wildman–Crippen LogP) is -0.746. The number of likely N-dealkylation sites (tertiary alicyclic amines) is 1. The molecule has 1 saturated carbocycles. The quantitative estimate of drug-likeness (QED) is 0.0900. The van der Waals surface area contributed by atoms with Crippen LogP contribution in [0.4, 0.5) is 4.39 Å². The molecule has 1 aliphatic carbocycles. The maximum atomic E-state index is 15.1. The highest BCUT2D eigenvalue weighted by Gasteiger charge is 2.65. The number of amides is 3. The molecule has 6 atom stereocenters. The average Bonchev–Trinajstić information content (AvgIpc) is 3.23. The van der Waals surface area contributed by atoms with E-state index >= 15 is 4.39 Å². The highest BCUT2D eigenvalue weighted by atomic mass is 19.1. The van der Waals surface area contributed by atoms with Crippen molar-refractivity contribution in [2.24, 2.45) is 29.0 Å². The van der Waals surface area contributed by atoms with E-state index < -0.39 is 71.6 Å². The van der Waals surface area contributed by atoms with Crippen molar-refractivity contribution in [1.29, 1.82) is 0 Å². The summed E-state index contributed by atoms with van der Waals surface area (Å²) in [5.74, 6) is -4.85. The Bertz CT molecular complexity index is 948. The zero-order valence-corrected chi connectivity index (χ0v) is 23.5. The summed E-state index contributed by atoms with van der Waals surface area (Å²) in [6.45, 7) is 3.91. The van der Waals surface area contributed by atoms with Crippen molar-refractivity contribution in [1.82, 2.24) is 15.5 Å². The molecule has 0 spiro atoms. The molecule has 3 amide bonds. The second-order valence-corrected chi connectivity index (χ2v) is 11.2. The van der Waals surface area contributed by atoms with Gasteiger partial charge in [-0.05, 0) is 57.5 Å². The molecule has 2 rings (SSSR count). The molecule has 12 nitrogen and oxygen atoms in total. The van der Waals surface area contributed by atoms with E-state index in [1.54, 1.807) is 0 Å². The first-order chi connectivity index (χ1) is 18.9. The number of rotatable bonds is 16. The van der Waals surface area contributed by atoms with E-state index in [4.69, 9.17) is 17.2 Å². The molecule has 8 N–H and O–H groups in total. The molecule has 0 aromatic carbocycles. The number of nitrogens with one attached hydrogen (secondary N) is 2. The van der Waals surface area contributed by atoms with Crippen molar-refractivity contribution in [3.63, 3.8) is 0 Å². The smallest absolute Gasteiger partial charge is 0.246 e. The summed E-state index contributed by atoms with van der Waals surface area (Å²) in [4.78, 5) is 78.5. The largest absolute Gasteiger partial charge is 0.343 e. The van der Waals surface area contributed by atoms with E-state index in [9.17, 15) is 28.8 Å². The number of ketones is 2. The first-order valence-corrected chi connectivity index (χ1v) is 14.2. The summed E-state index contributed by atoms with van der Waals surface area (Å²) in [5, 5.41) is 5.33. The van der Waals surface area contributed by atoms with Crippen LogP contribution in [-0.2, 0) is 28.8 Å². The molecule has 2 aliphatic rings. The van der Waals surface area contributed by atoms with Gasteiger partial charge in [0, 0.05) is 12.8 Å². The highest BCUT2D eigenvalue weighted by Crippen LogP contribution is 2.42. The number of carbonyl (C=O) groups is 6. The molecular formula is C27H45FN6O6. The molecule has 1 aliphatic heterocycles. The number of hydrogen-bond acceptors (Lipinski definition) is 9. The van der Waals surface area contributed by atoms with Gasteiger partial charge in [-0.2, -0.15) is 0 Å². The number of halogens is 1. The third-order valence-corrected chi connectivity index (χ3v) is 7.68. The Morgan fingerprint density at radius 3 is 2.17 bits per heavy atom. The van der Waals surface area contributed by atoms with Gasteiger partial charge in [0.1, 0.15) is 24.0 Å². The molecule has 2 fully saturated rings. The van der Waals surface area contributed by atoms with Gasteiger partial charge in [0.25, 0.3) is 0 Å². The van der Waals surface area contributed by atoms with Crippen LogP contribution in [0, 0.1) is 11.8 Å². The van der Waals surface area contributed by atoms with Crippen molar-refractivity contribution >= 4 is 35.6 Å². The van der Waals surface area contributed by atoms with Crippen LogP contribution >= 0.6 is 0 Å². The van der Waals surface area contributed by atoms with Crippen LogP contribution in [0.25, 0.3) is 0 Å². The first-order valence-electron chi connectivity index (χ1n) is 14.2. The van der Waals surface area contributed by atoms with E-state index in [0.717, 1.165) is 4.90 Å². The number of aldehydes is 1. The predicted molar refractivity (Wildman–Crippen MR) is 145 cm³/mol. The van der Waals surface area contributed by atoms with Crippen LogP contribution in [0.15, 0.2) is 0 Å². The van der Waals surface area contributed by atoms with Crippen LogP contribution in [0.2, 0.25) is 0 Å². The van der Waals surface area contributed by atoms with Crippen LogP contribution in [-0.4, -0.2) is 89.9 Å². The zero-order valence-electron chi connectivity index (χ0n) is 23.5. The number of nitrogens with two attached hydrogens (primary N) is 3. The molecule has 1 heterocycles. The van der Waals surface area contributed by atoms with E-state index in [1.165, 1.54) is 0 Å². The van der Waals surface area contributed by atoms with Crippen molar-refractivity contribution in [3.05, 3.63) is 0 Å². The SMILES string of the molecule is CC(C)C[C@H](NC(=O)[C@@H](N)CCCCN)C(=O)N[C@@H](CCCCN)C(=O)N1CC(F)C2C(=O)CCC(=O)[C@@]21C=O. The van der Waals surface area contributed by atoms with Crippen LogP contribution in [0.3, 0.4) is 0 Å². The second-order valence-electron chi connectivity index (χ2n) is 11.2. The normalized spacial score (nSPS) is 24.8. The molecule has 226 valence electrons. The third-order valence-electron chi connectivity index (χ3n) is 7.68. The van der Waals surface area contributed by atoms with Gasteiger partial charge in [0.05, 0.1) is 18.5 Å². The van der Waals surface area contributed by atoms with Gasteiger partial charge < -0.3 is 37.5 Å². The molecule has 0 aromatic heterocycles. The maximum absolute atomic E-state index is 15.1. The molecule has 0 aromatic rings. The molecule has 40 heavy (non-hydrogen) atoms. The summed E-state index contributed by atoms with van der Waals surface area (Å²) >= 11 is 0. The number of unbranched alkanes of at least 4 members (excludes halogenated alkanes) is 2. The van der Waals surface area contributed by atoms with Gasteiger partial charge in [0.2, 0.25) is 17.7 Å². The summed E-state index contributed by atoms with van der Waals surface area (Å²) < 4.78 is 15.1. The number of Topliss-reactive ketones (excluding diaryl/α,β-unsaturated/α-hetero) is 2. The Hall–Kier alpha value is -2.77. The second kappa shape index (κ2) is 15.3. The number of fused-ring (bicyclic) bond motifs is 1. The van der Waals surface area contributed by atoms with Crippen molar-refractivity contribution in [2.75, 3.05) is 19.6 Å². The van der Waals surface area contributed by atoms with Gasteiger partial charge in [-0.25, -0.2) is 4.39 Å². The fraction of sp³-hybridized carbons (Fsp3) is 0.778. The topological polar surface area (TPSA) is 208 Å². The summed E-state index contributed by atoms with van der Waals surface area (Å²) in [7, 11) is 0. The van der Waals surface area contributed by atoms with Crippen LogP contribution in [0.1, 0.15) is 71.6 Å². The van der Waals surface area contributed by atoms with Gasteiger partial charge in [-0.3, -0.25) is 24.0 Å². The third kappa shape index (κ3) is 7.70. The van der Waals surface area contributed by atoms with Crippen molar-refractivity contribution in [3.8, 4) is 0 Å². The van der Waals surface area contributed by atoms with Gasteiger partial charge in [-0.1, -0.05) is 20.3 Å². The highest BCUT2D eigenvalue weighted by molar-refractivity contribution is 6.15. The Labute approximate surface area is 234 Å². The number of carbonyl (C=O) groups excluding carboxylic acids is 6. The van der Waals surface area contributed by atoms with Gasteiger partial charge >= 0.3 is 0 Å². The molecule has 2 unspecified atom stereocenters. The zero-order chi connectivity index (χ0) is 30.0. The van der Waals surface area contributed by atoms with Crippen LogP contribution in [0.5, 0.6) is 0 Å². The monoisotopic (exact) mass is 568 g/mol. The summed E-state index contributed by atoms with van der Waals surface area (Å²) in [6.07, 6.45) is 0.865. The number of hydrogen-bond donors (Lipinski definition) is 5. The van der Waals surface area contributed by atoms with E-state index in [1.807, 2.05) is 13.8 Å². The number of nitrogens with zero attached hydrogens (tertiary/aromatic N) is 1. The lowest BCUT2D eigenvalue weighted by Crippen LogP contribution is -2.65. The Balaban J connectivity index is 2.29. The minimum Gasteiger partial charge on any atom is -0.343 e. The van der Waals surface area contributed by atoms with Crippen molar-refractivity contribution < 1.29 is 33.2 Å². The van der Waals surface area contributed by atoms with Crippen molar-refractivity contribution in [2.45, 2.75) is 101 Å². The molecular weight excluding hydrogens is 523 g/mol. The molecule has 13 heteroatoms. The Kier molecular flexibility index (Phi) is 12.8. The van der Waals surface area contributed by atoms with E-state index in [-0.39, 0.29) is 37.9 Å². The fourth-order valence-corrected chi connectivity index (χ4v) is 5.54. The lowest BCUT2D eigenvalue weighted by atomic mass is 9.72. The van der Waals surface area contributed by atoms with Gasteiger partial charge in [-0.15, -0.1) is 0 Å². The van der Waals surface area contributed by atoms with Crippen LogP contribution < -0.4 is 27.8 Å². The van der Waals surface area contributed by atoms with E-state index in [0.29, 0.717) is 45.2 Å². The Morgan fingerprint density at radius 2 is 1.60 bits per heavy atom. The standard InChI is InChI=1S/C27H45FN6O6/c1-16(2)13-20(33-24(38)18(31)7-3-5-11-29)25(39)32-19(8-4-6-12-30)26(40)34-14-17(28)23-21(36)9-10-22(37)27(23,34)15-35/h15-20,23H,3-14,29-31H2,1-2H3,(H,32,39)(H,33,38)/t17?,18-,19-,20-,23?,27-/m0/s1. The first kappa shape index (κ1) is 33.4. The minimum atomic E-state index is -2.23. The maximum Gasteiger partial charge on any atom is 0.246 e. The number of alkyl halides is 1. The minimum absolute atomic E-state index is 0.00764. The summed E-state index contributed by atoms with van der Waals surface area (Å²) in [6, 6.07) is -3.10. The Morgan fingerprint density at radius 1 is 1.00 bits per heavy atom. The fourth-order valence-electron chi connectivity index (χ4n) is 5.54. The summed E-state index contributed by atoms with van der Waals surface area (Å²) in [5.41, 5.74) is 14.9. The molecule has 0 bridgehead atoms. The lowest BCUT2D eigenvalue weighted by molar-refractivity contribution is -0.156. The lowest BCUT2D eigenvalue weighted by Gasteiger charge is -2.39. The van der Waals surface area contributed by atoms with E-state index in [2.05, 4.69) is 10.6 Å². The molecule has 1 saturated heterocycles. The van der Waals surface area contributed by atoms with Gasteiger partial charge in [0.15, 0.2) is 17.6 Å². The average molecular weight is 569 g/mol.